The largest absolute Gasteiger partial charge is 0.454 e. The summed E-state index contributed by atoms with van der Waals surface area (Å²) in [6, 6.07) is 14.2. The van der Waals surface area contributed by atoms with Crippen LogP contribution in [-0.4, -0.2) is 45.7 Å². The Morgan fingerprint density at radius 3 is 2.50 bits per heavy atom. The van der Waals surface area contributed by atoms with Crippen molar-refractivity contribution < 1.29 is 17.9 Å². The predicted octanol–water partition coefficient (Wildman–Crippen LogP) is 1.80. The molecule has 7 nitrogen and oxygen atoms in total. The van der Waals surface area contributed by atoms with Crippen LogP contribution >= 0.6 is 0 Å². The van der Waals surface area contributed by atoms with Gasteiger partial charge in [0.1, 0.15) is 0 Å². The number of fused-ring (bicyclic) bond motifs is 1. The molecule has 2 heterocycles. The van der Waals surface area contributed by atoms with Crippen molar-refractivity contribution in [2.75, 3.05) is 37.9 Å². The fraction of sp³-hybridized carbons (Fsp3) is 0.278. The van der Waals surface area contributed by atoms with Crippen LogP contribution in [0.2, 0.25) is 0 Å². The van der Waals surface area contributed by atoms with Crippen LogP contribution in [0.25, 0.3) is 0 Å². The molecule has 0 atom stereocenters. The van der Waals surface area contributed by atoms with Gasteiger partial charge >= 0.3 is 0 Å². The van der Waals surface area contributed by atoms with Gasteiger partial charge in [-0.1, -0.05) is 6.07 Å². The minimum Gasteiger partial charge on any atom is -0.454 e. The SMILES string of the molecule is N#Cc1cccc(N2CCN(S(=O)(=O)c3ccc4c(c3)OCO4)CC2)c1. The highest BCUT2D eigenvalue weighted by Gasteiger charge is 2.30. The number of anilines is 1. The lowest BCUT2D eigenvalue weighted by Gasteiger charge is -2.35. The Bertz CT molecular complexity index is 976. The summed E-state index contributed by atoms with van der Waals surface area (Å²) in [5.74, 6) is 1.02. The van der Waals surface area contributed by atoms with Gasteiger partial charge in [-0.25, -0.2) is 8.42 Å². The van der Waals surface area contributed by atoms with E-state index in [0.29, 0.717) is 43.2 Å². The third-order valence-corrected chi connectivity index (χ3v) is 6.46. The molecule has 0 N–H and O–H groups in total. The van der Waals surface area contributed by atoms with Crippen LogP contribution < -0.4 is 14.4 Å². The first-order valence-corrected chi connectivity index (χ1v) is 9.67. The van der Waals surface area contributed by atoms with E-state index in [2.05, 4.69) is 11.0 Å². The number of benzene rings is 2. The van der Waals surface area contributed by atoms with Crippen molar-refractivity contribution >= 4 is 15.7 Å². The summed E-state index contributed by atoms with van der Waals surface area (Å²) >= 11 is 0. The maximum Gasteiger partial charge on any atom is 0.243 e. The molecule has 2 aliphatic heterocycles. The minimum atomic E-state index is -3.58. The van der Waals surface area contributed by atoms with Gasteiger partial charge in [-0.05, 0) is 30.3 Å². The van der Waals surface area contributed by atoms with Gasteiger partial charge in [-0.15, -0.1) is 0 Å². The normalized spacial score (nSPS) is 17.1. The number of nitrogens with zero attached hydrogens (tertiary/aromatic N) is 3. The summed E-state index contributed by atoms with van der Waals surface area (Å²) in [5.41, 5.74) is 1.53. The molecule has 2 aromatic rings. The molecule has 0 amide bonds. The molecular weight excluding hydrogens is 354 g/mol. The van der Waals surface area contributed by atoms with Gasteiger partial charge in [0.05, 0.1) is 16.5 Å². The van der Waals surface area contributed by atoms with Gasteiger partial charge in [0, 0.05) is 37.9 Å². The standard InChI is InChI=1S/C18H17N3O4S/c19-12-14-2-1-3-15(10-14)20-6-8-21(9-7-20)26(22,23)16-4-5-17-18(11-16)25-13-24-17/h1-5,10-11H,6-9,13H2. The number of ether oxygens (including phenoxy) is 2. The molecule has 2 aliphatic rings. The Labute approximate surface area is 152 Å². The quantitative estimate of drug-likeness (QED) is 0.818. The molecule has 0 bridgehead atoms. The zero-order chi connectivity index (χ0) is 18.1. The summed E-state index contributed by atoms with van der Waals surface area (Å²) in [6.07, 6.45) is 0. The van der Waals surface area contributed by atoms with Crippen LogP contribution in [0, 0.1) is 11.3 Å². The Balaban J connectivity index is 1.49. The lowest BCUT2D eigenvalue weighted by molar-refractivity contribution is 0.174. The number of rotatable bonds is 3. The third kappa shape index (κ3) is 2.96. The van der Waals surface area contributed by atoms with E-state index < -0.39 is 10.0 Å². The number of hydrogen-bond acceptors (Lipinski definition) is 6. The molecule has 1 fully saturated rings. The molecule has 0 aromatic heterocycles. The molecule has 8 heteroatoms. The molecular formula is C18H17N3O4S. The average molecular weight is 371 g/mol. The van der Waals surface area contributed by atoms with E-state index in [4.69, 9.17) is 14.7 Å². The lowest BCUT2D eigenvalue weighted by atomic mass is 10.2. The van der Waals surface area contributed by atoms with Crippen LogP contribution in [0.5, 0.6) is 11.5 Å². The van der Waals surface area contributed by atoms with Gasteiger partial charge in [0.15, 0.2) is 11.5 Å². The predicted molar refractivity (Wildman–Crippen MR) is 94.7 cm³/mol. The molecule has 0 unspecified atom stereocenters. The van der Waals surface area contributed by atoms with E-state index in [0.717, 1.165) is 5.69 Å². The molecule has 1 saturated heterocycles. The molecule has 0 aliphatic carbocycles. The second-order valence-corrected chi connectivity index (χ2v) is 8.01. The molecule has 0 saturated carbocycles. The van der Waals surface area contributed by atoms with Crippen molar-refractivity contribution in [3.63, 3.8) is 0 Å². The summed E-state index contributed by atoms with van der Waals surface area (Å²) in [7, 11) is -3.58. The minimum absolute atomic E-state index is 0.110. The van der Waals surface area contributed by atoms with E-state index in [-0.39, 0.29) is 11.7 Å². The van der Waals surface area contributed by atoms with Crippen LogP contribution in [-0.2, 0) is 10.0 Å². The zero-order valence-electron chi connectivity index (χ0n) is 14.0. The van der Waals surface area contributed by atoms with E-state index in [9.17, 15) is 8.42 Å². The summed E-state index contributed by atoms with van der Waals surface area (Å²) in [4.78, 5) is 2.30. The molecule has 2 aromatic carbocycles. The first-order valence-electron chi connectivity index (χ1n) is 8.23. The van der Waals surface area contributed by atoms with Crippen LogP contribution in [0.4, 0.5) is 5.69 Å². The first-order chi connectivity index (χ1) is 12.6. The monoisotopic (exact) mass is 371 g/mol. The fourth-order valence-electron chi connectivity index (χ4n) is 3.15. The molecule has 0 radical (unpaired) electrons. The van der Waals surface area contributed by atoms with Gasteiger partial charge < -0.3 is 14.4 Å². The van der Waals surface area contributed by atoms with Gasteiger partial charge in [-0.3, -0.25) is 0 Å². The molecule has 0 spiro atoms. The third-order valence-electron chi connectivity index (χ3n) is 4.56. The first kappa shape index (κ1) is 16.7. The number of nitriles is 1. The number of sulfonamides is 1. The Kier molecular flexibility index (Phi) is 4.18. The number of hydrogen-bond donors (Lipinski definition) is 0. The lowest BCUT2D eigenvalue weighted by Crippen LogP contribution is -2.48. The average Bonchev–Trinajstić information content (AvgIpc) is 3.16. The zero-order valence-corrected chi connectivity index (χ0v) is 14.8. The summed E-state index contributed by atoms with van der Waals surface area (Å²) < 4.78 is 37.8. The van der Waals surface area contributed by atoms with Gasteiger partial charge in [0.25, 0.3) is 0 Å². The molecule has 26 heavy (non-hydrogen) atoms. The van der Waals surface area contributed by atoms with E-state index in [1.54, 1.807) is 18.2 Å². The maximum absolute atomic E-state index is 12.9. The number of piperazine rings is 1. The van der Waals surface area contributed by atoms with E-state index in [1.165, 1.54) is 10.4 Å². The van der Waals surface area contributed by atoms with Crippen LogP contribution in [0.3, 0.4) is 0 Å². The van der Waals surface area contributed by atoms with Crippen molar-refractivity contribution in [1.29, 1.82) is 5.26 Å². The Morgan fingerprint density at radius 2 is 1.73 bits per heavy atom. The van der Waals surface area contributed by atoms with Crippen LogP contribution in [0.15, 0.2) is 47.4 Å². The highest BCUT2D eigenvalue weighted by molar-refractivity contribution is 7.89. The van der Waals surface area contributed by atoms with Crippen molar-refractivity contribution in [2.24, 2.45) is 0 Å². The van der Waals surface area contributed by atoms with Crippen molar-refractivity contribution in [3.05, 3.63) is 48.0 Å². The molecule has 4 rings (SSSR count). The Hall–Kier alpha value is -2.76. The second kappa shape index (κ2) is 6.52. The van der Waals surface area contributed by atoms with Crippen LogP contribution in [0.1, 0.15) is 5.56 Å². The fourth-order valence-corrected chi connectivity index (χ4v) is 4.58. The maximum atomic E-state index is 12.9. The Morgan fingerprint density at radius 1 is 0.962 bits per heavy atom. The van der Waals surface area contributed by atoms with Crippen molar-refractivity contribution in [2.45, 2.75) is 4.90 Å². The van der Waals surface area contributed by atoms with E-state index in [1.807, 2.05) is 18.2 Å². The second-order valence-electron chi connectivity index (χ2n) is 6.07. The van der Waals surface area contributed by atoms with Gasteiger partial charge in [-0.2, -0.15) is 9.57 Å². The summed E-state index contributed by atoms with van der Waals surface area (Å²) in [6.45, 7) is 2.01. The van der Waals surface area contributed by atoms with Gasteiger partial charge in [0.2, 0.25) is 16.8 Å². The topological polar surface area (TPSA) is 82.9 Å². The van der Waals surface area contributed by atoms with Crippen molar-refractivity contribution in [1.82, 2.24) is 4.31 Å². The highest BCUT2D eigenvalue weighted by Crippen LogP contribution is 2.34. The van der Waals surface area contributed by atoms with Crippen molar-refractivity contribution in [3.8, 4) is 17.6 Å². The van der Waals surface area contributed by atoms with E-state index >= 15 is 0 Å². The summed E-state index contributed by atoms with van der Waals surface area (Å²) in [5, 5.41) is 9.03. The highest BCUT2D eigenvalue weighted by atomic mass is 32.2. The smallest absolute Gasteiger partial charge is 0.243 e. The molecule has 134 valence electrons.